The van der Waals surface area contributed by atoms with Crippen LogP contribution in [-0.4, -0.2) is 21.1 Å². The lowest BCUT2D eigenvalue weighted by molar-refractivity contribution is 0.341. The number of nitrogens with zero attached hydrogens (tertiary/aromatic N) is 3. The molecule has 3 aromatic rings. The van der Waals surface area contributed by atoms with E-state index in [2.05, 4.69) is 15.4 Å². The van der Waals surface area contributed by atoms with E-state index in [1.807, 2.05) is 36.7 Å². The maximum absolute atomic E-state index is 5.54. The maximum atomic E-state index is 5.54. The highest BCUT2D eigenvalue weighted by Gasteiger charge is 2.14. The van der Waals surface area contributed by atoms with Crippen molar-refractivity contribution < 1.29 is 4.74 Å². The Kier molecular flexibility index (Phi) is 2.72. The lowest BCUT2D eigenvalue weighted by atomic mass is 10.2. The highest BCUT2D eigenvalue weighted by atomic mass is 16.5. The van der Waals surface area contributed by atoms with Crippen LogP contribution in [0, 0.1) is 0 Å². The fourth-order valence-corrected chi connectivity index (χ4v) is 2.37. The van der Waals surface area contributed by atoms with E-state index in [9.17, 15) is 0 Å². The average Bonchev–Trinajstić information content (AvgIpc) is 2.73. The van der Waals surface area contributed by atoms with Crippen LogP contribution in [-0.2, 0) is 7.05 Å². The van der Waals surface area contributed by atoms with Crippen molar-refractivity contribution >= 4 is 27.8 Å². The molecule has 0 aliphatic rings. The molecule has 0 aliphatic heterocycles. The number of benzene rings is 1. The van der Waals surface area contributed by atoms with Gasteiger partial charge in [-0.1, -0.05) is 0 Å². The number of hydrogen-bond acceptors (Lipinski definition) is 5. The van der Waals surface area contributed by atoms with Crippen LogP contribution in [0.4, 0.5) is 5.82 Å². The molecule has 6 heteroatoms. The van der Waals surface area contributed by atoms with Gasteiger partial charge in [0, 0.05) is 12.4 Å². The minimum absolute atomic E-state index is 0.613. The number of aryl methyl sites for hydroxylation is 1. The summed E-state index contributed by atoms with van der Waals surface area (Å²) in [6.45, 7) is 2.60. The van der Waals surface area contributed by atoms with Gasteiger partial charge in [-0.25, -0.2) is 15.8 Å². The Hall–Kier alpha value is -2.34. The molecule has 98 valence electrons. The minimum atomic E-state index is 0.613. The van der Waals surface area contributed by atoms with Crippen molar-refractivity contribution in [1.82, 2.24) is 14.5 Å². The van der Waals surface area contributed by atoms with Gasteiger partial charge in [-0.3, -0.25) is 0 Å². The summed E-state index contributed by atoms with van der Waals surface area (Å²) in [7, 11) is 1.97. The van der Waals surface area contributed by atoms with Crippen molar-refractivity contribution in [3.05, 3.63) is 24.5 Å². The highest BCUT2D eigenvalue weighted by molar-refractivity contribution is 6.09. The monoisotopic (exact) mass is 257 g/mol. The van der Waals surface area contributed by atoms with Crippen LogP contribution in [0.15, 0.2) is 24.5 Å². The molecule has 0 radical (unpaired) electrons. The third-order valence-corrected chi connectivity index (χ3v) is 3.19. The Morgan fingerprint density at radius 3 is 2.95 bits per heavy atom. The molecule has 6 nitrogen and oxygen atoms in total. The molecule has 0 spiro atoms. The van der Waals surface area contributed by atoms with E-state index in [1.165, 1.54) is 6.33 Å². The molecule has 0 bridgehead atoms. The highest BCUT2D eigenvalue weighted by Crippen LogP contribution is 2.31. The molecule has 0 fully saturated rings. The van der Waals surface area contributed by atoms with E-state index in [0.717, 1.165) is 27.7 Å². The number of aromatic nitrogens is 3. The number of nitrogens with two attached hydrogens (primary N) is 1. The summed E-state index contributed by atoms with van der Waals surface area (Å²) >= 11 is 0. The smallest absolute Gasteiger partial charge is 0.168 e. The lowest BCUT2D eigenvalue weighted by Gasteiger charge is -2.03. The van der Waals surface area contributed by atoms with Gasteiger partial charge in [0.25, 0.3) is 0 Å². The molecule has 0 aliphatic carbocycles. The van der Waals surface area contributed by atoms with Crippen LogP contribution in [0.5, 0.6) is 5.75 Å². The number of anilines is 1. The van der Waals surface area contributed by atoms with Crippen molar-refractivity contribution in [3.8, 4) is 5.75 Å². The number of ether oxygens (including phenoxy) is 1. The first-order valence-electron chi connectivity index (χ1n) is 6.08. The zero-order chi connectivity index (χ0) is 13.4. The number of nitrogen functional groups attached to an aromatic ring is 1. The van der Waals surface area contributed by atoms with Crippen LogP contribution < -0.4 is 16.0 Å². The first-order valence-corrected chi connectivity index (χ1v) is 6.08. The Morgan fingerprint density at radius 2 is 2.21 bits per heavy atom. The van der Waals surface area contributed by atoms with Crippen molar-refractivity contribution in [2.45, 2.75) is 6.92 Å². The molecule has 0 atom stereocenters. The van der Waals surface area contributed by atoms with E-state index in [-0.39, 0.29) is 0 Å². The summed E-state index contributed by atoms with van der Waals surface area (Å²) in [5, 5.41) is 1.03. The van der Waals surface area contributed by atoms with E-state index in [0.29, 0.717) is 12.4 Å². The second-order valence-corrected chi connectivity index (χ2v) is 4.23. The van der Waals surface area contributed by atoms with Crippen molar-refractivity contribution in [1.29, 1.82) is 0 Å². The molecule has 0 saturated heterocycles. The summed E-state index contributed by atoms with van der Waals surface area (Å²) in [6, 6.07) is 5.96. The van der Waals surface area contributed by atoms with Gasteiger partial charge in [-0.2, -0.15) is 0 Å². The lowest BCUT2D eigenvalue weighted by Crippen LogP contribution is -2.10. The van der Waals surface area contributed by atoms with Gasteiger partial charge in [-0.15, -0.1) is 0 Å². The predicted molar refractivity (Wildman–Crippen MR) is 75.0 cm³/mol. The van der Waals surface area contributed by atoms with Gasteiger partial charge in [0.15, 0.2) is 5.82 Å². The largest absolute Gasteiger partial charge is 0.494 e. The molecule has 19 heavy (non-hydrogen) atoms. The maximum Gasteiger partial charge on any atom is 0.168 e. The molecular weight excluding hydrogens is 242 g/mol. The first kappa shape index (κ1) is 11.7. The number of hydrazine groups is 1. The Labute approximate surface area is 110 Å². The van der Waals surface area contributed by atoms with Crippen molar-refractivity contribution in [3.63, 3.8) is 0 Å². The normalized spacial score (nSPS) is 11.1. The zero-order valence-electron chi connectivity index (χ0n) is 10.8. The van der Waals surface area contributed by atoms with Gasteiger partial charge >= 0.3 is 0 Å². The van der Waals surface area contributed by atoms with Crippen molar-refractivity contribution in [2.24, 2.45) is 12.9 Å². The van der Waals surface area contributed by atoms with Gasteiger partial charge in [0.2, 0.25) is 0 Å². The van der Waals surface area contributed by atoms with Crippen LogP contribution in [0.2, 0.25) is 0 Å². The quantitative estimate of drug-likeness (QED) is 0.552. The third-order valence-electron chi connectivity index (χ3n) is 3.19. The molecule has 3 rings (SSSR count). The number of nitrogens with one attached hydrogen (secondary N) is 1. The van der Waals surface area contributed by atoms with E-state index in [1.54, 1.807) is 0 Å². The van der Waals surface area contributed by atoms with E-state index < -0.39 is 0 Å². The molecule has 2 aromatic heterocycles. The summed E-state index contributed by atoms with van der Waals surface area (Å²) in [6.07, 6.45) is 1.50. The van der Waals surface area contributed by atoms with Gasteiger partial charge in [0.1, 0.15) is 23.1 Å². The number of fused-ring (bicyclic) bond motifs is 3. The van der Waals surface area contributed by atoms with Crippen LogP contribution in [0.1, 0.15) is 6.92 Å². The zero-order valence-corrected chi connectivity index (χ0v) is 10.8. The fourth-order valence-electron chi connectivity index (χ4n) is 2.37. The van der Waals surface area contributed by atoms with Gasteiger partial charge < -0.3 is 14.7 Å². The summed E-state index contributed by atoms with van der Waals surface area (Å²) in [5.74, 6) is 6.96. The standard InChI is InChI=1S/C13H15N5O/c1-3-19-8-4-5-10-9(6-8)11-12(18(10)2)13(17-14)16-7-15-11/h4-7H,3,14H2,1-2H3,(H,15,16,17). The first-order chi connectivity index (χ1) is 9.26. The summed E-state index contributed by atoms with van der Waals surface area (Å²) in [5.41, 5.74) is 5.42. The van der Waals surface area contributed by atoms with Crippen LogP contribution in [0.25, 0.3) is 21.9 Å². The van der Waals surface area contributed by atoms with Gasteiger partial charge in [0.05, 0.1) is 12.1 Å². The second kappa shape index (κ2) is 4.40. The second-order valence-electron chi connectivity index (χ2n) is 4.23. The van der Waals surface area contributed by atoms with Crippen molar-refractivity contribution in [2.75, 3.05) is 12.0 Å². The molecule has 3 N–H and O–H groups in total. The van der Waals surface area contributed by atoms with E-state index in [4.69, 9.17) is 10.6 Å². The topological polar surface area (TPSA) is 78.0 Å². The fraction of sp³-hybridized carbons (Fsp3) is 0.231. The average molecular weight is 257 g/mol. The minimum Gasteiger partial charge on any atom is -0.494 e. The van der Waals surface area contributed by atoms with Crippen LogP contribution >= 0.6 is 0 Å². The summed E-state index contributed by atoms with van der Waals surface area (Å²) in [4.78, 5) is 8.50. The third kappa shape index (κ3) is 1.68. The molecule has 0 unspecified atom stereocenters. The van der Waals surface area contributed by atoms with E-state index >= 15 is 0 Å². The number of rotatable bonds is 3. The summed E-state index contributed by atoms with van der Waals surface area (Å²) < 4.78 is 7.56. The van der Waals surface area contributed by atoms with Crippen LogP contribution in [0.3, 0.4) is 0 Å². The molecular formula is C13H15N5O. The Morgan fingerprint density at radius 1 is 1.37 bits per heavy atom. The number of hydrogen-bond donors (Lipinski definition) is 2. The van der Waals surface area contributed by atoms with Gasteiger partial charge in [-0.05, 0) is 25.1 Å². The SMILES string of the molecule is CCOc1ccc2c(c1)c1ncnc(NN)c1n2C. The Bertz CT molecular complexity index is 749. The molecule has 2 heterocycles. The molecule has 0 amide bonds. The predicted octanol–water partition coefficient (Wildman–Crippen LogP) is 1.81. The molecule has 0 saturated carbocycles. The molecule has 1 aromatic carbocycles. The Balaban J connectivity index is 2.39.